The van der Waals surface area contributed by atoms with Crippen LogP contribution in [0, 0.1) is 0 Å². The van der Waals surface area contributed by atoms with E-state index in [0.29, 0.717) is 29.5 Å². The Morgan fingerprint density at radius 2 is 1.18 bits per heavy atom. The second kappa shape index (κ2) is 16.4. The summed E-state index contributed by atoms with van der Waals surface area (Å²) in [6.07, 6.45) is 6.47. The summed E-state index contributed by atoms with van der Waals surface area (Å²) in [5.41, 5.74) is 6.56. The summed E-state index contributed by atoms with van der Waals surface area (Å²) >= 11 is 3.49. The van der Waals surface area contributed by atoms with Crippen molar-refractivity contribution >= 4 is 63.2 Å². The molecule has 6 amide bonds. The van der Waals surface area contributed by atoms with E-state index in [0.717, 1.165) is 52.4 Å². The number of halogens is 1. The molecular weight excluding hydrogens is 780 g/mol. The summed E-state index contributed by atoms with van der Waals surface area (Å²) in [4.78, 5) is 68.5. The van der Waals surface area contributed by atoms with Crippen molar-refractivity contribution in [1.29, 1.82) is 0 Å². The maximum absolute atomic E-state index is 13.1. The molecule has 12 nitrogen and oxygen atoms in total. The highest BCUT2D eigenvalue weighted by Crippen LogP contribution is 2.41. The van der Waals surface area contributed by atoms with Crippen LogP contribution in [-0.2, 0) is 32.0 Å². The van der Waals surface area contributed by atoms with Crippen molar-refractivity contribution in [3.63, 3.8) is 0 Å². The van der Waals surface area contributed by atoms with Gasteiger partial charge in [-0.2, -0.15) is 0 Å². The zero-order chi connectivity index (χ0) is 39.5. The van der Waals surface area contributed by atoms with E-state index in [1.807, 2.05) is 30.3 Å². The summed E-state index contributed by atoms with van der Waals surface area (Å²) < 4.78 is 16.2. The van der Waals surface area contributed by atoms with Gasteiger partial charge in [-0.25, -0.2) is 24.2 Å². The van der Waals surface area contributed by atoms with Gasteiger partial charge in [-0.15, -0.1) is 0 Å². The van der Waals surface area contributed by atoms with Gasteiger partial charge in [-0.05, 0) is 127 Å². The van der Waals surface area contributed by atoms with Crippen LogP contribution in [0.4, 0.5) is 21.0 Å². The molecule has 0 aromatic heterocycles. The van der Waals surface area contributed by atoms with Gasteiger partial charge in [0.2, 0.25) is 0 Å². The van der Waals surface area contributed by atoms with Crippen molar-refractivity contribution in [3.05, 3.63) is 123 Å². The van der Waals surface area contributed by atoms with Crippen LogP contribution in [0.15, 0.2) is 95.5 Å². The maximum Gasteiger partial charge on any atom is 0.332 e. The second-order valence-corrected chi connectivity index (χ2v) is 14.6. The lowest BCUT2D eigenvalue weighted by atomic mass is 10.0. The van der Waals surface area contributed by atoms with Crippen LogP contribution in [0.3, 0.4) is 0 Å². The number of amides is 6. The predicted octanol–water partition coefficient (Wildman–Crippen LogP) is 7.64. The minimum atomic E-state index is -0.374. The number of rotatable bonds is 9. The molecule has 0 radical (unpaired) electrons. The molecule has 2 aliphatic carbocycles. The number of benzene rings is 4. The number of esters is 1. The van der Waals surface area contributed by atoms with Crippen LogP contribution in [0.25, 0.3) is 6.08 Å². The highest BCUT2D eigenvalue weighted by Gasteiger charge is 2.44. The quantitative estimate of drug-likeness (QED) is 0.0959. The van der Waals surface area contributed by atoms with Crippen LogP contribution < -0.4 is 19.3 Å². The van der Waals surface area contributed by atoms with Crippen LogP contribution in [-0.4, -0.2) is 73.6 Å². The normalized spacial score (nSPS) is 18.7. The number of urea groups is 2. The Balaban J connectivity index is 0.000000175. The number of carbonyl (C=O) groups is 5. The van der Waals surface area contributed by atoms with Gasteiger partial charge >= 0.3 is 18.0 Å². The number of ether oxygens (including phenoxy) is 3. The van der Waals surface area contributed by atoms with E-state index in [4.69, 9.17) is 14.2 Å². The lowest BCUT2D eigenvalue weighted by Gasteiger charge is -2.24. The first-order valence-corrected chi connectivity index (χ1v) is 19.2. The minimum absolute atomic E-state index is 0.0391. The van der Waals surface area contributed by atoms with Crippen molar-refractivity contribution in [2.45, 2.75) is 44.7 Å². The molecule has 13 heteroatoms. The minimum Gasteiger partial charge on any atom is -0.497 e. The van der Waals surface area contributed by atoms with E-state index < -0.39 is 0 Å². The SMILES string of the molecule is CCOC(=O)/C=C/c1ccc2c(c1)CCC2N1CC(=O)N(c2ccc(OC)cc2)C1=O.COc1ccc(N2C(=O)CN(C3CCc4cc(Br)ccc43)C2=O)cc1. The Morgan fingerprint density at radius 3 is 1.66 bits per heavy atom. The number of nitrogens with zero attached hydrogens (tertiary/aromatic N) is 4. The van der Waals surface area contributed by atoms with Crippen molar-refractivity contribution in [2.24, 2.45) is 0 Å². The third kappa shape index (κ3) is 7.63. The number of methoxy groups -OCH3 is 2. The lowest BCUT2D eigenvalue weighted by molar-refractivity contribution is -0.137. The lowest BCUT2D eigenvalue weighted by Crippen LogP contribution is -2.34. The number of hydrogen-bond acceptors (Lipinski definition) is 8. The summed E-state index contributed by atoms with van der Waals surface area (Å²) in [5, 5.41) is 0. The van der Waals surface area contributed by atoms with Crippen LogP contribution in [0.5, 0.6) is 11.5 Å². The molecule has 0 spiro atoms. The number of aryl methyl sites for hydroxylation is 2. The van der Waals surface area contributed by atoms with Crippen LogP contribution in [0.2, 0.25) is 0 Å². The number of fused-ring (bicyclic) bond motifs is 2. The summed E-state index contributed by atoms with van der Waals surface area (Å²) in [7, 11) is 3.15. The fourth-order valence-electron chi connectivity index (χ4n) is 7.78. The molecule has 4 aliphatic rings. The predicted molar refractivity (Wildman–Crippen MR) is 214 cm³/mol. The molecule has 2 fully saturated rings. The summed E-state index contributed by atoms with van der Waals surface area (Å²) in [5.74, 6) is 0.547. The van der Waals surface area contributed by atoms with Gasteiger partial charge < -0.3 is 24.0 Å². The molecule has 2 saturated heterocycles. The molecule has 2 heterocycles. The van der Waals surface area contributed by atoms with E-state index in [-0.39, 0.29) is 55.0 Å². The van der Waals surface area contributed by atoms with Gasteiger partial charge in [0.25, 0.3) is 11.8 Å². The molecule has 0 saturated carbocycles. The average Bonchev–Trinajstić information content (AvgIpc) is 3.96. The molecule has 4 aromatic carbocycles. The van der Waals surface area contributed by atoms with Gasteiger partial charge in [0.1, 0.15) is 24.6 Å². The molecular formula is C43H41BrN4O8. The number of imide groups is 2. The first kappa shape index (κ1) is 38.3. The molecule has 0 N–H and O–H groups in total. The zero-order valence-electron chi connectivity index (χ0n) is 31.3. The smallest absolute Gasteiger partial charge is 0.332 e. The fourth-order valence-corrected chi connectivity index (χ4v) is 8.19. The van der Waals surface area contributed by atoms with Crippen LogP contribution in [0.1, 0.15) is 59.7 Å². The van der Waals surface area contributed by atoms with Crippen molar-refractivity contribution < 1.29 is 38.2 Å². The van der Waals surface area contributed by atoms with E-state index in [1.54, 1.807) is 85.6 Å². The standard InChI is InChI=1S/C24H24N2O5.C19H17BrN2O3/c1-3-31-23(28)13-5-16-4-11-20-17(14-16)6-12-21(20)25-15-22(27)26(24(25)29)18-7-9-19(30-2)10-8-18;1-25-15-6-4-14(5-7-15)22-18(23)11-21(19(22)24)17-9-2-12-10-13(20)3-8-16(12)17/h4-5,7-11,13-14,21H,3,6,12,15H2,1-2H3;3-8,10,17H,2,9,11H2,1H3/b13-5+;. The van der Waals surface area contributed by atoms with Crippen molar-refractivity contribution in [3.8, 4) is 11.5 Å². The van der Waals surface area contributed by atoms with Crippen LogP contribution >= 0.6 is 15.9 Å². The Bertz CT molecular complexity index is 2210. The first-order chi connectivity index (χ1) is 27.1. The highest BCUT2D eigenvalue weighted by molar-refractivity contribution is 9.10. The number of hydrogen-bond donors (Lipinski definition) is 0. The van der Waals surface area contributed by atoms with E-state index in [9.17, 15) is 24.0 Å². The van der Waals surface area contributed by atoms with Gasteiger partial charge in [-0.1, -0.05) is 40.2 Å². The average molecular weight is 822 g/mol. The Kier molecular flexibility index (Phi) is 11.2. The summed E-state index contributed by atoms with van der Waals surface area (Å²) in [6.45, 7) is 2.27. The number of carbonyl (C=O) groups excluding carboxylic acids is 5. The largest absolute Gasteiger partial charge is 0.497 e. The molecule has 4 aromatic rings. The second-order valence-electron chi connectivity index (χ2n) is 13.7. The molecule has 2 atom stereocenters. The van der Waals surface area contributed by atoms with E-state index >= 15 is 0 Å². The molecule has 8 rings (SSSR count). The Hall–Kier alpha value is -5.95. The van der Waals surface area contributed by atoms with Gasteiger partial charge in [0.05, 0.1) is 44.3 Å². The molecule has 0 bridgehead atoms. The third-order valence-corrected chi connectivity index (χ3v) is 11.0. The van der Waals surface area contributed by atoms with Crippen molar-refractivity contribution in [2.75, 3.05) is 43.7 Å². The summed E-state index contributed by atoms with van der Waals surface area (Å²) in [6, 6.07) is 25.2. The van der Waals surface area contributed by atoms with Gasteiger partial charge in [-0.3, -0.25) is 9.59 Å². The van der Waals surface area contributed by atoms with Gasteiger partial charge in [0.15, 0.2) is 0 Å². The topological polar surface area (TPSA) is 126 Å². The fraction of sp³-hybridized carbons (Fsp3) is 0.279. The highest BCUT2D eigenvalue weighted by atomic mass is 79.9. The van der Waals surface area contributed by atoms with E-state index in [2.05, 4.69) is 22.0 Å². The zero-order valence-corrected chi connectivity index (χ0v) is 32.9. The Morgan fingerprint density at radius 1 is 0.696 bits per heavy atom. The molecule has 2 aliphatic heterocycles. The van der Waals surface area contributed by atoms with Gasteiger partial charge in [0, 0.05) is 10.5 Å². The molecule has 56 heavy (non-hydrogen) atoms. The molecule has 2 unspecified atom stereocenters. The number of anilines is 2. The first-order valence-electron chi connectivity index (χ1n) is 18.4. The monoisotopic (exact) mass is 820 g/mol. The van der Waals surface area contributed by atoms with Crippen molar-refractivity contribution in [1.82, 2.24) is 9.80 Å². The molecule has 288 valence electrons. The Labute approximate surface area is 333 Å². The maximum atomic E-state index is 13.1. The van der Waals surface area contributed by atoms with E-state index in [1.165, 1.54) is 21.4 Å². The third-order valence-electron chi connectivity index (χ3n) is 10.5.